The van der Waals surface area contributed by atoms with Crippen LogP contribution in [-0.2, 0) is 14.8 Å². The highest BCUT2D eigenvalue weighted by Gasteiger charge is 2.25. The molecule has 1 fully saturated rings. The molecular weight excluding hydrogens is 378 g/mol. The molecule has 1 saturated heterocycles. The van der Waals surface area contributed by atoms with Gasteiger partial charge in [0.25, 0.3) is 0 Å². The van der Waals surface area contributed by atoms with Crippen molar-refractivity contribution in [3.63, 3.8) is 0 Å². The van der Waals surface area contributed by atoms with E-state index in [1.807, 2.05) is 20.9 Å². The second-order valence-corrected chi connectivity index (χ2v) is 8.22. The van der Waals surface area contributed by atoms with Crippen LogP contribution >= 0.6 is 12.4 Å². The second-order valence-electron chi connectivity index (χ2n) is 6.50. The zero-order chi connectivity index (χ0) is 18.4. The number of carbonyl (C=O) groups excluding carboxylic acids is 1. The quantitative estimate of drug-likeness (QED) is 0.722. The number of nitrogens with zero attached hydrogens (tertiary/aromatic N) is 1. The number of hydrogen-bond donors (Lipinski definition) is 2. The fraction of sp³-hybridized carbons (Fsp3) is 0.588. The monoisotopic (exact) mass is 405 g/mol. The average molecular weight is 406 g/mol. The molecule has 7 nitrogen and oxygen atoms in total. The molecule has 1 amide bonds. The van der Waals surface area contributed by atoms with E-state index in [-0.39, 0.29) is 24.4 Å². The largest absolute Gasteiger partial charge is 0.491 e. The number of anilines is 1. The molecule has 1 aliphatic rings. The van der Waals surface area contributed by atoms with E-state index in [0.717, 1.165) is 12.8 Å². The van der Waals surface area contributed by atoms with Crippen molar-refractivity contribution in [1.29, 1.82) is 0 Å². The highest BCUT2D eigenvalue weighted by atomic mass is 35.5. The number of nitrogens with one attached hydrogen (secondary N) is 2. The molecule has 1 heterocycles. The van der Waals surface area contributed by atoms with Crippen molar-refractivity contribution >= 4 is 34.0 Å². The third kappa shape index (κ3) is 7.01. The highest BCUT2D eigenvalue weighted by Crippen LogP contribution is 2.18. The molecule has 0 unspecified atom stereocenters. The van der Waals surface area contributed by atoms with Crippen molar-refractivity contribution in [3.8, 4) is 5.75 Å². The maximum Gasteiger partial charge on any atom is 0.241 e. The van der Waals surface area contributed by atoms with Crippen molar-refractivity contribution in [2.45, 2.75) is 38.8 Å². The van der Waals surface area contributed by atoms with E-state index in [2.05, 4.69) is 10.0 Å². The first kappa shape index (κ1) is 22.5. The minimum absolute atomic E-state index is 0. The predicted octanol–water partition coefficient (Wildman–Crippen LogP) is 1.85. The summed E-state index contributed by atoms with van der Waals surface area (Å²) < 4.78 is 32.4. The van der Waals surface area contributed by atoms with Gasteiger partial charge < -0.3 is 15.0 Å². The summed E-state index contributed by atoms with van der Waals surface area (Å²) in [6.45, 7) is 5.01. The normalized spacial score (nSPS) is 15.5. The molecule has 9 heteroatoms. The van der Waals surface area contributed by atoms with Gasteiger partial charge in [-0.3, -0.25) is 9.52 Å². The van der Waals surface area contributed by atoms with Crippen LogP contribution in [0.3, 0.4) is 0 Å². The third-order valence-corrected chi connectivity index (χ3v) is 5.24. The molecule has 0 saturated carbocycles. The number of halogens is 1. The van der Waals surface area contributed by atoms with Crippen molar-refractivity contribution in [3.05, 3.63) is 24.3 Å². The Labute approximate surface area is 161 Å². The van der Waals surface area contributed by atoms with Gasteiger partial charge >= 0.3 is 0 Å². The van der Waals surface area contributed by atoms with Gasteiger partial charge in [-0.05, 0) is 58.0 Å². The summed E-state index contributed by atoms with van der Waals surface area (Å²) >= 11 is 0. The number of rotatable bonds is 7. The molecule has 0 atom stereocenters. The van der Waals surface area contributed by atoms with E-state index in [1.54, 1.807) is 29.2 Å². The number of piperidine rings is 1. The fourth-order valence-corrected chi connectivity index (χ4v) is 3.84. The van der Waals surface area contributed by atoms with Gasteiger partial charge in [-0.2, -0.15) is 0 Å². The Kier molecular flexibility index (Phi) is 8.66. The van der Waals surface area contributed by atoms with Crippen LogP contribution in [0.1, 0.15) is 26.7 Å². The van der Waals surface area contributed by atoms with Crippen LogP contribution in [0.5, 0.6) is 5.75 Å². The van der Waals surface area contributed by atoms with Crippen molar-refractivity contribution in [2.24, 2.45) is 0 Å². The Hall–Kier alpha value is -1.51. The minimum Gasteiger partial charge on any atom is -0.491 e. The molecule has 148 valence electrons. The molecule has 26 heavy (non-hydrogen) atoms. The Morgan fingerprint density at radius 2 is 1.81 bits per heavy atom. The minimum atomic E-state index is -3.74. The summed E-state index contributed by atoms with van der Waals surface area (Å²) in [5.41, 5.74) is 0.415. The van der Waals surface area contributed by atoms with Crippen LogP contribution in [0.15, 0.2) is 24.3 Å². The standard InChI is InChI=1S/C17H27N3O4S.ClH/c1-13(2)24-16-6-4-15(5-7-16)19-25(22,23)12-17(21)20-10-8-14(18-3)9-11-20;/h4-7,13-14,18-19H,8-12H2,1-3H3;1H. The number of amides is 1. The average Bonchev–Trinajstić information content (AvgIpc) is 2.55. The lowest BCUT2D eigenvalue weighted by Gasteiger charge is -2.31. The predicted molar refractivity (Wildman–Crippen MR) is 106 cm³/mol. The SMILES string of the molecule is CNC1CCN(C(=O)CS(=O)(=O)Nc2ccc(OC(C)C)cc2)CC1.Cl. The number of benzene rings is 1. The first-order chi connectivity index (χ1) is 11.8. The molecule has 0 spiro atoms. The van der Waals surface area contributed by atoms with Gasteiger partial charge in [0.2, 0.25) is 15.9 Å². The van der Waals surface area contributed by atoms with Crippen LogP contribution in [-0.4, -0.2) is 57.3 Å². The van der Waals surface area contributed by atoms with E-state index >= 15 is 0 Å². The fourth-order valence-electron chi connectivity index (χ4n) is 2.76. The van der Waals surface area contributed by atoms with Gasteiger partial charge in [-0.1, -0.05) is 0 Å². The number of likely N-dealkylation sites (tertiary alicyclic amines) is 1. The van der Waals surface area contributed by atoms with Crippen molar-refractivity contribution in [1.82, 2.24) is 10.2 Å². The van der Waals surface area contributed by atoms with Gasteiger partial charge in [0, 0.05) is 24.8 Å². The smallest absolute Gasteiger partial charge is 0.241 e. The van der Waals surface area contributed by atoms with Gasteiger partial charge in [-0.25, -0.2) is 8.42 Å². The summed E-state index contributed by atoms with van der Waals surface area (Å²) in [5, 5.41) is 3.18. The molecule has 1 aromatic carbocycles. The Morgan fingerprint density at radius 3 is 2.31 bits per heavy atom. The second kappa shape index (κ2) is 9.99. The Balaban J connectivity index is 0.00000338. The summed E-state index contributed by atoms with van der Waals surface area (Å²) in [6.07, 6.45) is 1.73. The van der Waals surface area contributed by atoms with Gasteiger partial charge in [0.05, 0.1) is 6.10 Å². The number of ether oxygens (including phenoxy) is 1. The maximum absolute atomic E-state index is 12.2. The van der Waals surface area contributed by atoms with E-state index in [9.17, 15) is 13.2 Å². The summed E-state index contributed by atoms with van der Waals surface area (Å²) in [7, 11) is -1.84. The number of carbonyl (C=O) groups is 1. The summed E-state index contributed by atoms with van der Waals surface area (Å²) in [6, 6.07) is 7.03. The lowest BCUT2D eigenvalue weighted by molar-refractivity contribution is -0.129. The van der Waals surface area contributed by atoms with Crippen molar-refractivity contribution < 1.29 is 17.9 Å². The third-order valence-electron chi connectivity index (χ3n) is 4.07. The highest BCUT2D eigenvalue weighted by molar-refractivity contribution is 7.93. The van der Waals surface area contributed by atoms with Crippen LogP contribution < -0.4 is 14.8 Å². The zero-order valence-corrected chi connectivity index (χ0v) is 17.0. The van der Waals surface area contributed by atoms with Gasteiger partial charge in [0.1, 0.15) is 11.5 Å². The topological polar surface area (TPSA) is 87.7 Å². The van der Waals surface area contributed by atoms with Crippen LogP contribution in [0, 0.1) is 0 Å². The lowest BCUT2D eigenvalue weighted by atomic mass is 10.1. The molecule has 0 aromatic heterocycles. The first-order valence-corrected chi connectivity index (χ1v) is 10.2. The van der Waals surface area contributed by atoms with Crippen molar-refractivity contribution in [2.75, 3.05) is 30.6 Å². The van der Waals surface area contributed by atoms with Crippen LogP contribution in [0.4, 0.5) is 5.69 Å². The maximum atomic E-state index is 12.2. The van der Waals surface area contributed by atoms with Crippen LogP contribution in [0.2, 0.25) is 0 Å². The van der Waals surface area contributed by atoms with Gasteiger partial charge in [0.15, 0.2) is 0 Å². The van der Waals surface area contributed by atoms with Crippen LogP contribution in [0.25, 0.3) is 0 Å². The Bertz CT molecular complexity index is 672. The molecule has 2 N–H and O–H groups in total. The number of sulfonamides is 1. The molecule has 0 radical (unpaired) electrons. The molecule has 2 rings (SSSR count). The van der Waals surface area contributed by atoms with Gasteiger partial charge in [-0.15, -0.1) is 12.4 Å². The van der Waals surface area contributed by atoms with E-state index in [0.29, 0.717) is 30.6 Å². The zero-order valence-electron chi connectivity index (χ0n) is 15.4. The number of hydrogen-bond acceptors (Lipinski definition) is 5. The van der Waals surface area contributed by atoms with E-state index < -0.39 is 15.8 Å². The molecule has 1 aromatic rings. The molecule has 1 aliphatic heterocycles. The lowest BCUT2D eigenvalue weighted by Crippen LogP contribution is -2.46. The molecular formula is C17H28ClN3O4S. The van der Waals surface area contributed by atoms with E-state index in [1.165, 1.54) is 0 Å². The molecule has 0 aliphatic carbocycles. The molecule has 0 bridgehead atoms. The summed E-state index contributed by atoms with van der Waals surface area (Å²) in [4.78, 5) is 13.9. The van der Waals surface area contributed by atoms with E-state index in [4.69, 9.17) is 4.74 Å². The first-order valence-electron chi connectivity index (χ1n) is 8.51. The summed E-state index contributed by atoms with van der Waals surface area (Å²) in [5.74, 6) is -0.232. The Morgan fingerprint density at radius 1 is 1.23 bits per heavy atom.